The lowest BCUT2D eigenvalue weighted by atomic mass is 10.1. The third kappa shape index (κ3) is 3.48. The van der Waals surface area contributed by atoms with Crippen LogP contribution < -0.4 is 9.47 Å². The normalized spacial score (nSPS) is 9.89. The summed E-state index contributed by atoms with van der Waals surface area (Å²) >= 11 is 0. The molecule has 0 spiro atoms. The quantitative estimate of drug-likeness (QED) is 0.747. The number of carbonyl (C=O) groups excluding carboxylic acids is 1. The van der Waals surface area contributed by atoms with Crippen LogP contribution in [0.2, 0.25) is 0 Å². The number of carboxylic acid groups (broad SMARTS) is 1. The highest BCUT2D eigenvalue weighted by molar-refractivity contribution is 6.32. The van der Waals surface area contributed by atoms with Crippen molar-refractivity contribution in [2.24, 2.45) is 0 Å². The molecule has 0 aliphatic heterocycles. The molecule has 0 amide bonds. The SMILES string of the molecule is CCOc1c(CCC(=O)C(=O)O)cccc1OC. The summed E-state index contributed by atoms with van der Waals surface area (Å²) in [4.78, 5) is 21.5. The van der Waals surface area contributed by atoms with E-state index in [9.17, 15) is 9.59 Å². The van der Waals surface area contributed by atoms with E-state index in [0.29, 0.717) is 24.5 Å². The van der Waals surface area contributed by atoms with E-state index in [0.717, 1.165) is 5.56 Å². The molecule has 0 heterocycles. The number of methoxy groups -OCH3 is 1. The highest BCUT2D eigenvalue weighted by Gasteiger charge is 2.15. The maximum absolute atomic E-state index is 11.1. The van der Waals surface area contributed by atoms with Gasteiger partial charge in [0.15, 0.2) is 11.5 Å². The first kappa shape index (κ1) is 14.0. The van der Waals surface area contributed by atoms with Gasteiger partial charge in [0.1, 0.15) is 0 Å². The second-order valence-electron chi connectivity index (χ2n) is 3.61. The van der Waals surface area contributed by atoms with Gasteiger partial charge in [-0.25, -0.2) is 4.79 Å². The number of para-hydroxylation sites is 1. The molecule has 1 aromatic rings. The average Bonchev–Trinajstić information content (AvgIpc) is 2.37. The van der Waals surface area contributed by atoms with Crippen molar-refractivity contribution in [2.45, 2.75) is 19.8 Å². The van der Waals surface area contributed by atoms with Crippen LogP contribution in [0.4, 0.5) is 0 Å². The average molecular weight is 252 g/mol. The minimum absolute atomic E-state index is 0.0530. The number of aliphatic carboxylic acids is 1. The lowest BCUT2D eigenvalue weighted by molar-refractivity contribution is -0.149. The fraction of sp³-hybridized carbons (Fsp3) is 0.385. The Bertz CT molecular complexity index is 439. The van der Waals surface area contributed by atoms with E-state index in [4.69, 9.17) is 14.6 Å². The molecule has 0 radical (unpaired) electrons. The van der Waals surface area contributed by atoms with Gasteiger partial charge >= 0.3 is 5.97 Å². The first-order valence-corrected chi connectivity index (χ1v) is 5.65. The number of carboxylic acids is 1. The molecule has 5 heteroatoms. The number of ether oxygens (including phenoxy) is 2. The summed E-state index contributed by atoms with van der Waals surface area (Å²) in [5.41, 5.74) is 0.769. The molecular weight excluding hydrogens is 236 g/mol. The predicted molar refractivity (Wildman–Crippen MR) is 65.1 cm³/mol. The topological polar surface area (TPSA) is 72.8 Å². The standard InChI is InChI=1S/C13H16O5/c1-3-18-12-9(5-4-6-11(12)17-2)7-8-10(14)13(15)16/h4-6H,3,7-8H2,1-2H3,(H,15,16). The Morgan fingerprint density at radius 3 is 2.61 bits per heavy atom. The second kappa shape index (κ2) is 6.64. The number of benzene rings is 1. The van der Waals surface area contributed by atoms with Gasteiger partial charge in [0.05, 0.1) is 13.7 Å². The molecule has 0 saturated heterocycles. The molecule has 0 unspecified atom stereocenters. The van der Waals surface area contributed by atoms with Gasteiger partial charge in [-0.05, 0) is 25.0 Å². The molecule has 0 fully saturated rings. The zero-order chi connectivity index (χ0) is 13.5. The number of ketones is 1. The molecule has 0 saturated carbocycles. The van der Waals surface area contributed by atoms with E-state index in [-0.39, 0.29) is 6.42 Å². The Labute approximate surface area is 105 Å². The summed E-state index contributed by atoms with van der Waals surface area (Å²) in [6.07, 6.45) is 0.264. The molecule has 0 aliphatic rings. The first-order chi connectivity index (χ1) is 8.60. The molecule has 18 heavy (non-hydrogen) atoms. The minimum Gasteiger partial charge on any atom is -0.493 e. The van der Waals surface area contributed by atoms with Crippen LogP contribution in [-0.4, -0.2) is 30.6 Å². The van der Waals surface area contributed by atoms with Crippen molar-refractivity contribution in [1.82, 2.24) is 0 Å². The predicted octanol–water partition coefficient (Wildman–Crippen LogP) is 1.68. The molecule has 98 valence electrons. The summed E-state index contributed by atoms with van der Waals surface area (Å²) in [7, 11) is 1.53. The Balaban J connectivity index is 2.87. The van der Waals surface area contributed by atoms with Gasteiger partial charge in [0, 0.05) is 6.42 Å². The maximum atomic E-state index is 11.1. The maximum Gasteiger partial charge on any atom is 0.372 e. The lowest BCUT2D eigenvalue weighted by Gasteiger charge is -2.13. The summed E-state index contributed by atoms with van der Waals surface area (Å²) in [5, 5.41) is 8.53. The van der Waals surface area contributed by atoms with Gasteiger partial charge in [-0.15, -0.1) is 0 Å². The Morgan fingerprint density at radius 1 is 1.33 bits per heavy atom. The lowest BCUT2D eigenvalue weighted by Crippen LogP contribution is -2.13. The second-order valence-corrected chi connectivity index (χ2v) is 3.61. The molecule has 1 rings (SSSR count). The van der Waals surface area contributed by atoms with Gasteiger partial charge in [-0.3, -0.25) is 4.79 Å². The molecule has 1 aromatic carbocycles. The van der Waals surface area contributed by atoms with Crippen molar-refractivity contribution in [3.63, 3.8) is 0 Å². The molecule has 0 aromatic heterocycles. The Morgan fingerprint density at radius 2 is 2.06 bits per heavy atom. The zero-order valence-corrected chi connectivity index (χ0v) is 10.4. The first-order valence-electron chi connectivity index (χ1n) is 5.65. The Kier molecular flexibility index (Phi) is 5.17. The highest BCUT2D eigenvalue weighted by Crippen LogP contribution is 2.31. The van der Waals surface area contributed by atoms with Gasteiger partial charge in [-0.2, -0.15) is 0 Å². The number of hydrogen-bond donors (Lipinski definition) is 1. The number of aryl methyl sites for hydroxylation is 1. The Hall–Kier alpha value is -2.04. The fourth-order valence-corrected chi connectivity index (χ4v) is 1.58. The van der Waals surface area contributed by atoms with Crippen molar-refractivity contribution >= 4 is 11.8 Å². The summed E-state index contributed by atoms with van der Waals surface area (Å²) in [5.74, 6) is -1.06. The van der Waals surface area contributed by atoms with E-state index >= 15 is 0 Å². The largest absolute Gasteiger partial charge is 0.493 e. The van der Waals surface area contributed by atoms with Crippen LogP contribution in [0.25, 0.3) is 0 Å². The van der Waals surface area contributed by atoms with Crippen molar-refractivity contribution in [2.75, 3.05) is 13.7 Å². The van der Waals surface area contributed by atoms with Gasteiger partial charge in [0.25, 0.3) is 0 Å². The molecule has 0 bridgehead atoms. The van der Waals surface area contributed by atoms with Crippen LogP contribution in [0.3, 0.4) is 0 Å². The van der Waals surface area contributed by atoms with Crippen LogP contribution in [0.15, 0.2) is 18.2 Å². The van der Waals surface area contributed by atoms with Crippen LogP contribution >= 0.6 is 0 Å². The minimum atomic E-state index is -1.41. The van der Waals surface area contributed by atoms with Crippen molar-refractivity contribution < 1.29 is 24.2 Å². The zero-order valence-electron chi connectivity index (χ0n) is 10.4. The van der Waals surface area contributed by atoms with E-state index < -0.39 is 11.8 Å². The van der Waals surface area contributed by atoms with Crippen LogP contribution in [0.5, 0.6) is 11.5 Å². The van der Waals surface area contributed by atoms with Crippen LogP contribution in [-0.2, 0) is 16.0 Å². The van der Waals surface area contributed by atoms with Gasteiger partial charge < -0.3 is 14.6 Å². The van der Waals surface area contributed by atoms with Crippen LogP contribution in [0.1, 0.15) is 18.9 Å². The smallest absolute Gasteiger partial charge is 0.372 e. The number of Topliss-reactive ketones (excluding diaryl/α,β-unsaturated/α-hetero) is 1. The molecule has 0 aliphatic carbocycles. The summed E-state index contributed by atoms with van der Waals surface area (Å²) in [6.45, 7) is 2.32. The third-order valence-corrected chi connectivity index (χ3v) is 2.43. The number of rotatable bonds is 7. The van der Waals surface area contributed by atoms with Gasteiger partial charge in [-0.1, -0.05) is 12.1 Å². The molecule has 5 nitrogen and oxygen atoms in total. The third-order valence-electron chi connectivity index (χ3n) is 2.43. The monoisotopic (exact) mass is 252 g/mol. The van der Waals surface area contributed by atoms with E-state index in [2.05, 4.69) is 0 Å². The van der Waals surface area contributed by atoms with Crippen LogP contribution in [0, 0.1) is 0 Å². The van der Waals surface area contributed by atoms with Crippen molar-refractivity contribution in [1.29, 1.82) is 0 Å². The molecule has 1 N–H and O–H groups in total. The summed E-state index contributed by atoms with van der Waals surface area (Å²) in [6, 6.07) is 5.33. The molecular formula is C13H16O5. The fourth-order valence-electron chi connectivity index (χ4n) is 1.58. The highest BCUT2D eigenvalue weighted by atomic mass is 16.5. The van der Waals surface area contributed by atoms with Crippen molar-refractivity contribution in [3.8, 4) is 11.5 Å². The summed E-state index contributed by atoms with van der Waals surface area (Å²) < 4.78 is 10.6. The van der Waals surface area contributed by atoms with Crippen molar-refractivity contribution in [3.05, 3.63) is 23.8 Å². The molecule has 0 atom stereocenters. The van der Waals surface area contributed by atoms with E-state index in [1.165, 1.54) is 7.11 Å². The van der Waals surface area contributed by atoms with E-state index in [1.54, 1.807) is 18.2 Å². The van der Waals surface area contributed by atoms with E-state index in [1.807, 2.05) is 6.92 Å². The number of hydrogen-bond acceptors (Lipinski definition) is 4. The number of carbonyl (C=O) groups is 2. The van der Waals surface area contributed by atoms with Gasteiger partial charge in [0.2, 0.25) is 5.78 Å².